The van der Waals surface area contributed by atoms with E-state index >= 15 is 0 Å². The molecule has 228 valence electrons. The second-order valence-electron chi connectivity index (χ2n) is 10.7. The molecule has 1 aromatic heterocycles. The van der Waals surface area contributed by atoms with Crippen molar-refractivity contribution in [3.63, 3.8) is 0 Å². The van der Waals surface area contributed by atoms with Gasteiger partial charge in [0.25, 0.3) is 11.5 Å². The van der Waals surface area contributed by atoms with E-state index in [1.165, 1.54) is 28.8 Å². The third kappa shape index (κ3) is 5.07. The number of esters is 1. The van der Waals surface area contributed by atoms with Gasteiger partial charge in [-0.1, -0.05) is 95.7 Å². The zero-order chi connectivity index (χ0) is 31.9. The molecule has 0 radical (unpaired) electrons. The largest absolute Gasteiger partial charge is 0.463 e. The van der Waals surface area contributed by atoms with Crippen LogP contribution in [0.2, 0.25) is 5.02 Å². The number of anilines is 1. The lowest BCUT2D eigenvalue weighted by molar-refractivity contribution is -0.138. The minimum Gasteiger partial charge on any atom is -0.463 e. The molecule has 7 rings (SSSR count). The van der Waals surface area contributed by atoms with Crippen LogP contribution in [0, 0.1) is 5.82 Å². The molecule has 3 heterocycles. The van der Waals surface area contributed by atoms with E-state index in [1.807, 2.05) is 66.7 Å². The number of halogens is 2. The predicted octanol–water partition coefficient (Wildman–Crippen LogP) is 5.65. The van der Waals surface area contributed by atoms with Crippen molar-refractivity contribution in [3.8, 4) is 0 Å². The molecule has 10 heteroatoms. The average Bonchev–Trinajstić information content (AvgIpc) is 3.54. The summed E-state index contributed by atoms with van der Waals surface area (Å²) in [6, 6.07) is 28.4. The number of ether oxygens (including phenoxy) is 1. The van der Waals surface area contributed by atoms with E-state index in [1.54, 1.807) is 24.0 Å². The number of aromatic nitrogens is 1. The van der Waals surface area contributed by atoms with E-state index in [2.05, 4.69) is 0 Å². The Hall–Kier alpha value is -5.12. The van der Waals surface area contributed by atoms with Gasteiger partial charge in [0.1, 0.15) is 10.3 Å². The van der Waals surface area contributed by atoms with Crippen LogP contribution in [0.3, 0.4) is 0 Å². The number of thiazole rings is 1. The van der Waals surface area contributed by atoms with Crippen LogP contribution in [0.4, 0.5) is 10.1 Å². The molecule has 1 atom stereocenters. The summed E-state index contributed by atoms with van der Waals surface area (Å²) in [4.78, 5) is 49.2. The number of carbonyl (C=O) groups excluding carboxylic acids is 2. The molecule has 0 unspecified atom stereocenters. The molecule has 0 saturated carbocycles. The molecule has 5 aromatic rings. The maximum Gasteiger partial charge on any atom is 0.338 e. The first-order chi connectivity index (χ1) is 22.4. The fourth-order valence-electron chi connectivity index (χ4n) is 5.88. The summed E-state index contributed by atoms with van der Waals surface area (Å²) in [7, 11) is 0. The summed E-state index contributed by atoms with van der Waals surface area (Å²) in [5, 5.41) is 0.589. The highest BCUT2D eigenvalue weighted by Gasteiger charge is 2.38. The van der Waals surface area contributed by atoms with E-state index in [-0.39, 0.29) is 34.7 Å². The Morgan fingerprint density at radius 2 is 1.63 bits per heavy atom. The van der Waals surface area contributed by atoms with Gasteiger partial charge in [-0.2, -0.15) is 0 Å². The lowest BCUT2D eigenvalue weighted by Crippen LogP contribution is -2.41. The summed E-state index contributed by atoms with van der Waals surface area (Å²) >= 11 is 7.17. The molecule has 4 aromatic carbocycles. The third-order valence-electron chi connectivity index (χ3n) is 7.94. The highest BCUT2D eigenvalue weighted by Crippen LogP contribution is 2.38. The number of hydrogen-bond acceptors (Lipinski definition) is 6. The molecule has 0 N–H and O–H groups in total. The first kappa shape index (κ1) is 29.6. The Morgan fingerprint density at radius 1 is 0.935 bits per heavy atom. The molecular formula is C36H25ClFN3O4S. The number of rotatable bonds is 6. The standard InChI is InChI=1S/C36H25ClFN3O4S/c1-2-45-35(44)29-30(22-8-4-3-5-9-22)39-36-41(31(29)23-14-18-25(38)19-15-23)34(43)32(46-36)28-26-10-6-7-11-27(26)40(33(28)42)20-21-12-16-24(37)17-13-21/h3-19,31H,2,20H2,1H3/b32-28+/t31-/m1/s1. The summed E-state index contributed by atoms with van der Waals surface area (Å²) in [6.45, 7) is 2.07. The number of hydrogen-bond donors (Lipinski definition) is 0. The predicted molar refractivity (Wildman–Crippen MR) is 175 cm³/mol. The molecular weight excluding hydrogens is 625 g/mol. The lowest BCUT2D eigenvalue weighted by Gasteiger charge is -2.25. The van der Waals surface area contributed by atoms with Crippen molar-refractivity contribution in [1.82, 2.24) is 4.57 Å². The van der Waals surface area contributed by atoms with E-state index in [0.29, 0.717) is 37.9 Å². The van der Waals surface area contributed by atoms with Gasteiger partial charge in [-0.25, -0.2) is 14.2 Å². The van der Waals surface area contributed by atoms with Gasteiger partial charge in [0.2, 0.25) is 0 Å². The number of benzene rings is 4. The van der Waals surface area contributed by atoms with Gasteiger partial charge < -0.3 is 9.64 Å². The zero-order valence-corrected chi connectivity index (χ0v) is 26.0. The molecule has 0 spiro atoms. The fraction of sp³-hybridized carbons (Fsp3) is 0.111. The molecule has 0 fully saturated rings. The smallest absolute Gasteiger partial charge is 0.338 e. The Kier molecular flexibility index (Phi) is 7.72. The summed E-state index contributed by atoms with van der Waals surface area (Å²) in [6.07, 6.45) is 0. The van der Waals surface area contributed by atoms with Crippen LogP contribution in [0.1, 0.15) is 35.2 Å². The summed E-state index contributed by atoms with van der Waals surface area (Å²) in [5.41, 5.74) is 3.57. The van der Waals surface area contributed by atoms with Crippen molar-refractivity contribution >= 4 is 51.8 Å². The summed E-state index contributed by atoms with van der Waals surface area (Å²) < 4.78 is 21.2. The van der Waals surface area contributed by atoms with Crippen molar-refractivity contribution in [2.24, 2.45) is 4.99 Å². The van der Waals surface area contributed by atoms with Gasteiger partial charge in [-0.3, -0.25) is 14.2 Å². The van der Waals surface area contributed by atoms with Gasteiger partial charge in [0.05, 0.1) is 41.7 Å². The zero-order valence-electron chi connectivity index (χ0n) is 24.4. The highest BCUT2D eigenvalue weighted by atomic mass is 35.5. The first-order valence-corrected chi connectivity index (χ1v) is 15.8. The van der Waals surface area contributed by atoms with Crippen LogP contribution in [0.25, 0.3) is 11.3 Å². The Morgan fingerprint density at radius 3 is 2.35 bits per heavy atom. The summed E-state index contributed by atoms with van der Waals surface area (Å²) in [5.74, 6) is -1.43. The minimum atomic E-state index is -0.989. The van der Waals surface area contributed by atoms with E-state index < -0.39 is 23.4 Å². The van der Waals surface area contributed by atoms with E-state index in [9.17, 15) is 18.8 Å². The lowest BCUT2D eigenvalue weighted by atomic mass is 9.93. The SMILES string of the molecule is CCOC(=O)C1=C(c2ccccc2)N=c2s/c(=C3/C(=O)N(Cc4ccc(Cl)cc4)c4ccccc43)c(=O)n2[C@@H]1c1ccc(F)cc1. The molecule has 7 nitrogen and oxygen atoms in total. The van der Waals surface area contributed by atoms with Crippen molar-refractivity contribution in [1.29, 1.82) is 0 Å². The normalized spacial score (nSPS) is 16.6. The molecule has 0 saturated heterocycles. The average molecular weight is 650 g/mol. The molecule has 2 aliphatic heterocycles. The van der Waals surface area contributed by atoms with Gasteiger partial charge in [-0.05, 0) is 48.4 Å². The third-order valence-corrected chi connectivity index (χ3v) is 9.24. The van der Waals surface area contributed by atoms with Crippen LogP contribution >= 0.6 is 22.9 Å². The van der Waals surface area contributed by atoms with Crippen LogP contribution in [-0.4, -0.2) is 23.1 Å². The van der Waals surface area contributed by atoms with Gasteiger partial charge >= 0.3 is 5.97 Å². The van der Waals surface area contributed by atoms with Gasteiger partial charge in [0, 0.05) is 16.1 Å². The first-order valence-electron chi connectivity index (χ1n) is 14.6. The highest BCUT2D eigenvalue weighted by molar-refractivity contribution is 7.07. The molecule has 1 amide bonds. The monoisotopic (exact) mass is 649 g/mol. The molecule has 2 aliphatic rings. The number of nitrogens with zero attached hydrogens (tertiary/aromatic N) is 3. The molecule has 0 bridgehead atoms. The van der Waals surface area contributed by atoms with Crippen LogP contribution in [-0.2, 0) is 20.9 Å². The number of amides is 1. The van der Waals surface area contributed by atoms with Gasteiger partial charge in [-0.15, -0.1) is 0 Å². The van der Waals surface area contributed by atoms with Crippen LogP contribution in [0.5, 0.6) is 0 Å². The van der Waals surface area contributed by atoms with Crippen molar-refractivity contribution < 1.29 is 18.7 Å². The van der Waals surface area contributed by atoms with Crippen molar-refractivity contribution in [2.75, 3.05) is 11.5 Å². The Labute approximate surface area is 271 Å². The Bertz CT molecular complexity index is 2230. The second-order valence-corrected chi connectivity index (χ2v) is 12.1. The Balaban J connectivity index is 1.49. The van der Waals surface area contributed by atoms with Crippen molar-refractivity contribution in [2.45, 2.75) is 19.5 Å². The topological polar surface area (TPSA) is 81.0 Å². The maximum absolute atomic E-state index is 14.5. The number of fused-ring (bicyclic) bond motifs is 2. The number of para-hydroxylation sites is 1. The van der Waals surface area contributed by atoms with Crippen LogP contribution in [0.15, 0.2) is 118 Å². The van der Waals surface area contributed by atoms with Gasteiger partial charge in [0.15, 0.2) is 4.80 Å². The second kappa shape index (κ2) is 12.0. The van der Waals surface area contributed by atoms with Crippen molar-refractivity contribution in [3.05, 3.63) is 161 Å². The van der Waals surface area contributed by atoms with E-state index in [0.717, 1.165) is 16.9 Å². The molecule has 46 heavy (non-hydrogen) atoms. The maximum atomic E-state index is 14.5. The van der Waals surface area contributed by atoms with E-state index in [4.69, 9.17) is 21.3 Å². The quantitative estimate of drug-likeness (QED) is 0.223. The fourth-order valence-corrected chi connectivity index (χ4v) is 7.10. The molecule has 0 aliphatic carbocycles. The minimum absolute atomic E-state index is 0.101. The van der Waals surface area contributed by atoms with Crippen LogP contribution < -0.4 is 19.8 Å². The number of carbonyl (C=O) groups is 2.